The fraction of sp³-hybridized carbons (Fsp3) is 0.273. The molecule has 27 heavy (non-hydrogen) atoms. The number of furan rings is 1. The molecule has 3 aromatic rings. The molecule has 0 saturated carbocycles. The normalized spacial score (nSPS) is 24.1. The largest absolute Gasteiger partial charge is 0.459 e. The van der Waals surface area contributed by atoms with Gasteiger partial charge in [0.2, 0.25) is 0 Å². The minimum absolute atomic E-state index is 0.0298. The summed E-state index contributed by atoms with van der Waals surface area (Å²) < 4.78 is 6.35. The average Bonchev–Trinajstić information content (AvgIpc) is 3.44. The summed E-state index contributed by atoms with van der Waals surface area (Å²) in [5, 5.41) is 1.13. The number of pyridine rings is 1. The van der Waals surface area contributed by atoms with Crippen molar-refractivity contribution in [2.24, 2.45) is 4.99 Å². The Hall–Kier alpha value is -2.53. The third-order valence-electron chi connectivity index (χ3n) is 5.31. The second kappa shape index (κ2) is 6.89. The van der Waals surface area contributed by atoms with E-state index in [0.29, 0.717) is 6.04 Å². The van der Waals surface area contributed by atoms with Gasteiger partial charge < -0.3 is 9.32 Å². The Morgan fingerprint density at radius 3 is 2.70 bits per heavy atom. The molecule has 1 saturated heterocycles. The number of benzene rings is 1. The molecule has 4 heterocycles. The summed E-state index contributed by atoms with van der Waals surface area (Å²) >= 11 is 1.85. The van der Waals surface area contributed by atoms with E-state index < -0.39 is 0 Å². The van der Waals surface area contributed by atoms with Gasteiger partial charge in [0.1, 0.15) is 23.6 Å². The lowest BCUT2D eigenvalue weighted by atomic mass is 10.0. The van der Waals surface area contributed by atoms with E-state index in [1.54, 1.807) is 0 Å². The number of aliphatic imine (C=N–C) groups is 1. The Morgan fingerprint density at radius 1 is 1.07 bits per heavy atom. The van der Waals surface area contributed by atoms with Crippen LogP contribution in [0.2, 0.25) is 0 Å². The molecule has 0 radical (unpaired) electrons. The molecule has 0 N–H and O–H groups in total. The van der Waals surface area contributed by atoms with Crippen LogP contribution in [0.5, 0.6) is 0 Å². The maximum atomic E-state index is 6.35. The first-order valence-electron chi connectivity index (χ1n) is 9.40. The quantitative estimate of drug-likeness (QED) is 0.619. The molecule has 0 spiro atoms. The van der Waals surface area contributed by atoms with Crippen molar-refractivity contribution in [3.8, 4) is 11.3 Å². The Labute approximate surface area is 163 Å². The maximum absolute atomic E-state index is 6.35. The lowest BCUT2D eigenvalue weighted by Gasteiger charge is -2.30. The first-order valence-corrected chi connectivity index (χ1v) is 10.4. The monoisotopic (exact) mass is 375 g/mol. The minimum Gasteiger partial charge on any atom is -0.459 e. The highest BCUT2D eigenvalue weighted by atomic mass is 32.2. The van der Waals surface area contributed by atoms with Crippen molar-refractivity contribution in [1.82, 2.24) is 9.88 Å². The Bertz CT molecular complexity index is 954. The summed E-state index contributed by atoms with van der Waals surface area (Å²) in [5.41, 5.74) is 2.10. The Balaban J connectivity index is 1.56. The molecule has 1 fully saturated rings. The molecule has 2 aliphatic rings. The number of hydrogen-bond acceptors (Lipinski definition) is 5. The highest BCUT2D eigenvalue weighted by Gasteiger charge is 2.46. The third kappa shape index (κ3) is 2.86. The SMILES string of the molecule is CC[C@@H]1CSC2=N[C@H](c3ccccn3)[C@@H](c3ccc(-c4ccccc4)o3)N21. The van der Waals surface area contributed by atoms with Crippen LogP contribution in [0.15, 0.2) is 76.3 Å². The van der Waals surface area contributed by atoms with Crippen molar-refractivity contribution < 1.29 is 4.42 Å². The van der Waals surface area contributed by atoms with Crippen LogP contribution in [0, 0.1) is 0 Å². The summed E-state index contributed by atoms with van der Waals surface area (Å²) in [7, 11) is 0. The van der Waals surface area contributed by atoms with E-state index >= 15 is 0 Å². The van der Waals surface area contributed by atoms with Crippen LogP contribution < -0.4 is 0 Å². The fourth-order valence-corrected chi connectivity index (χ4v) is 5.27. The summed E-state index contributed by atoms with van der Waals surface area (Å²) in [6, 6.07) is 21.0. The topological polar surface area (TPSA) is 41.6 Å². The Morgan fingerprint density at radius 2 is 1.93 bits per heavy atom. The molecule has 4 nitrogen and oxygen atoms in total. The number of rotatable bonds is 4. The van der Waals surface area contributed by atoms with Gasteiger partial charge in [0.15, 0.2) is 5.17 Å². The van der Waals surface area contributed by atoms with Crippen LogP contribution in [0.4, 0.5) is 0 Å². The molecule has 0 bridgehead atoms. The predicted molar refractivity (Wildman–Crippen MR) is 110 cm³/mol. The first-order chi connectivity index (χ1) is 13.3. The minimum atomic E-state index is -0.0298. The zero-order valence-electron chi connectivity index (χ0n) is 15.2. The molecule has 5 rings (SSSR count). The van der Waals surface area contributed by atoms with Crippen molar-refractivity contribution in [2.75, 3.05) is 5.75 Å². The highest BCUT2D eigenvalue weighted by Crippen LogP contribution is 2.49. The molecule has 2 aliphatic heterocycles. The van der Waals surface area contributed by atoms with Gasteiger partial charge in [0, 0.05) is 23.6 Å². The zero-order chi connectivity index (χ0) is 18.2. The zero-order valence-corrected chi connectivity index (χ0v) is 16.0. The number of thioether (sulfide) groups is 1. The summed E-state index contributed by atoms with van der Waals surface area (Å²) in [5.74, 6) is 2.95. The molecule has 0 amide bonds. The highest BCUT2D eigenvalue weighted by molar-refractivity contribution is 8.14. The number of nitrogens with zero attached hydrogens (tertiary/aromatic N) is 3. The van der Waals surface area contributed by atoms with Crippen LogP contribution in [0.1, 0.15) is 36.9 Å². The number of fused-ring (bicyclic) bond motifs is 1. The standard InChI is InChI=1S/C22H21N3OS/c1-2-16-14-27-22-24-20(17-10-6-7-13-23-17)21(25(16)22)19-12-11-18(26-19)15-8-4-3-5-9-15/h3-13,16,20-21H,2,14H2,1H3/t16-,20-,21-/m1/s1. The van der Waals surface area contributed by atoms with Gasteiger partial charge in [-0.25, -0.2) is 4.99 Å². The van der Waals surface area contributed by atoms with Gasteiger partial charge in [-0.15, -0.1) is 0 Å². The van der Waals surface area contributed by atoms with Crippen molar-refractivity contribution >= 4 is 16.9 Å². The average molecular weight is 375 g/mol. The van der Waals surface area contributed by atoms with Crippen LogP contribution in [-0.4, -0.2) is 26.8 Å². The summed E-state index contributed by atoms with van der Waals surface area (Å²) in [6.07, 6.45) is 2.95. The molecular weight excluding hydrogens is 354 g/mol. The maximum Gasteiger partial charge on any atom is 0.161 e. The van der Waals surface area contributed by atoms with Gasteiger partial charge in [0.25, 0.3) is 0 Å². The molecular formula is C22H21N3OS. The molecule has 2 aromatic heterocycles. The van der Waals surface area contributed by atoms with Crippen molar-refractivity contribution in [3.63, 3.8) is 0 Å². The first kappa shape index (κ1) is 16.6. The van der Waals surface area contributed by atoms with E-state index in [1.807, 2.05) is 48.3 Å². The van der Waals surface area contributed by atoms with Crippen LogP contribution in [0.3, 0.4) is 0 Å². The van der Waals surface area contributed by atoms with E-state index in [1.165, 1.54) is 0 Å². The van der Waals surface area contributed by atoms with Crippen molar-refractivity contribution in [2.45, 2.75) is 31.5 Å². The second-order valence-electron chi connectivity index (χ2n) is 6.90. The molecule has 0 unspecified atom stereocenters. The molecule has 1 aromatic carbocycles. The van der Waals surface area contributed by atoms with E-state index in [4.69, 9.17) is 9.41 Å². The van der Waals surface area contributed by atoms with Gasteiger partial charge >= 0.3 is 0 Å². The fourth-order valence-electron chi connectivity index (χ4n) is 3.93. The van der Waals surface area contributed by atoms with E-state index in [0.717, 1.165) is 40.1 Å². The van der Waals surface area contributed by atoms with Crippen molar-refractivity contribution in [3.05, 3.63) is 78.3 Å². The van der Waals surface area contributed by atoms with Crippen LogP contribution in [-0.2, 0) is 0 Å². The van der Waals surface area contributed by atoms with Gasteiger partial charge in [-0.05, 0) is 30.7 Å². The molecule has 136 valence electrons. The smallest absolute Gasteiger partial charge is 0.161 e. The lowest BCUT2D eigenvalue weighted by molar-refractivity contribution is 0.226. The number of hydrogen-bond donors (Lipinski definition) is 0. The number of aromatic nitrogens is 1. The predicted octanol–water partition coefficient (Wildman–Crippen LogP) is 5.32. The van der Waals surface area contributed by atoms with Gasteiger partial charge in [0.05, 0.1) is 5.69 Å². The second-order valence-corrected chi connectivity index (χ2v) is 7.89. The summed E-state index contributed by atoms with van der Waals surface area (Å²) in [6.45, 7) is 2.25. The van der Waals surface area contributed by atoms with Gasteiger partial charge in [-0.2, -0.15) is 0 Å². The third-order valence-corrected chi connectivity index (χ3v) is 6.43. The Kier molecular flexibility index (Phi) is 4.24. The van der Waals surface area contributed by atoms with Crippen molar-refractivity contribution in [1.29, 1.82) is 0 Å². The van der Waals surface area contributed by atoms with Crippen LogP contribution in [0.25, 0.3) is 11.3 Å². The van der Waals surface area contributed by atoms with Gasteiger partial charge in [-0.3, -0.25) is 4.98 Å². The van der Waals surface area contributed by atoms with E-state index in [9.17, 15) is 0 Å². The molecule has 5 heteroatoms. The van der Waals surface area contributed by atoms with E-state index in [2.05, 4.69) is 47.1 Å². The van der Waals surface area contributed by atoms with Gasteiger partial charge in [-0.1, -0.05) is 55.1 Å². The summed E-state index contributed by atoms with van der Waals surface area (Å²) in [4.78, 5) is 12.1. The number of amidine groups is 1. The molecule has 3 atom stereocenters. The van der Waals surface area contributed by atoms with E-state index in [-0.39, 0.29) is 12.1 Å². The lowest BCUT2D eigenvalue weighted by Crippen LogP contribution is -2.35. The van der Waals surface area contributed by atoms with Crippen LogP contribution >= 0.6 is 11.8 Å². The molecule has 0 aliphatic carbocycles.